The molecule has 1 saturated heterocycles. The van der Waals surface area contributed by atoms with Crippen molar-refractivity contribution < 1.29 is 14.8 Å². The molecule has 6 heteroatoms. The highest BCUT2D eigenvalue weighted by atomic mass is 16.6. The minimum absolute atomic E-state index is 0.0598. The Kier molecular flexibility index (Phi) is 4.34. The number of rotatable bonds is 5. The fourth-order valence-corrected chi connectivity index (χ4v) is 2.50. The maximum atomic E-state index is 11.1. The maximum absolute atomic E-state index is 11.1. The zero-order valence-corrected chi connectivity index (χ0v) is 10.9. The molecule has 104 valence electrons. The smallest absolute Gasteiger partial charge is 0.292 e. The summed E-state index contributed by atoms with van der Waals surface area (Å²) in [5, 5.41) is 20.2. The predicted molar refractivity (Wildman–Crippen MR) is 71.2 cm³/mol. The second-order valence-electron chi connectivity index (χ2n) is 4.79. The lowest BCUT2D eigenvalue weighted by Crippen LogP contribution is -2.22. The van der Waals surface area contributed by atoms with Gasteiger partial charge >= 0.3 is 0 Å². The normalized spacial score (nSPS) is 18.8. The summed E-state index contributed by atoms with van der Waals surface area (Å²) in [5.41, 5.74) is 1.24. The average Bonchev–Trinajstić information content (AvgIpc) is 2.87. The van der Waals surface area contributed by atoms with Gasteiger partial charge in [0.15, 0.2) is 0 Å². The molecule has 1 unspecified atom stereocenters. The van der Waals surface area contributed by atoms with Crippen LogP contribution in [0.2, 0.25) is 0 Å². The van der Waals surface area contributed by atoms with Crippen LogP contribution >= 0.6 is 0 Å². The Bertz CT molecular complexity index is 464. The van der Waals surface area contributed by atoms with Crippen LogP contribution in [0, 0.1) is 16.0 Å². The van der Waals surface area contributed by atoms with E-state index >= 15 is 0 Å². The van der Waals surface area contributed by atoms with Gasteiger partial charge in [-0.1, -0.05) is 6.07 Å². The standard InChI is InChI=1S/C13H18N2O4/c1-19-9-11-4-5-14(7-11)12-3-2-10(8-16)6-13(12)15(17)18/h2-3,6,11,16H,4-5,7-9H2,1H3. The lowest BCUT2D eigenvalue weighted by Gasteiger charge is -2.18. The number of nitro benzene ring substituents is 1. The van der Waals surface area contributed by atoms with Crippen LogP contribution in [-0.4, -0.2) is 36.8 Å². The Morgan fingerprint density at radius 3 is 3.00 bits per heavy atom. The van der Waals surface area contributed by atoms with Crippen molar-refractivity contribution in [3.63, 3.8) is 0 Å². The third-order valence-corrected chi connectivity index (χ3v) is 3.45. The first kappa shape index (κ1) is 13.8. The van der Waals surface area contributed by atoms with Crippen molar-refractivity contribution in [2.45, 2.75) is 13.0 Å². The molecule has 2 rings (SSSR count). The van der Waals surface area contributed by atoms with E-state index in [0.717, 1.165) is 19.5 Å². The highest BCUT2D eigenvalue weighted by molar-refractivity contribution is 5.64. The quantitative estimate of drug-likeness (QED) is 0.646. The third-order valence-electron chi connectivity index (χ3n) is 3.45. The molecule has 0 amide bonds. The minimum Gasteiger partial charge on any atom is -0.392 e. The molecule has 1 heterocycles. The Labute approximate surface area is 111 Å². The molecule has 1 aromatic rings. The topological polar surface area (TPSA) is 75.8 Å². The molecule has 1 atom stereocenters. The highest BCUT2D eigenvalue weighted by Gasteiger charge is 2.27. The van der Waals surface area contributed by atoms with Crippen LogP contribution in [0.3, 0.4) is 0 Å². The van der Waals surface area contributed by atoms with Gasteiger partial charge in [-0.15, -0.1) is 0 Å². The zero-order valence-electron chi connectivity index (χ0n) is 10.9. The number of anilines is 1. The summed E-state index contributed by atoms with van der Waals surface area (Å²) in [5.74, 6) is 0.419. The van der Waals surface area contributed by atoms with E-state index in [1.807, 2.05) is 4.90 Å². The van der Waals surface area contributed by atoms with E-state index in [4.69, 9.17) is 9.84 Å². The molecule has 0 saturated carbocycles. The van der Waals surface area contributed by atoms with Gasteiger partial charge in [0.25, 0.3) is 5.69 Å². The van der Waals surface area contributed by atoms with E-state index in [1.165, 1.54) is 6.07 Å². The number of hydrogen-bond donors (Lipinski definition) is 1. The lowest BCUT2D eigenvalue weighted by atomic mass is 10.1. The first-order chi connectivity index (χ1) is 9.15. The number of ether oxygens (including phenoxy) is 1. The molecule has 0 aromatic heterocycles. The van der Waals surface area contributed by atoms with Crippen LogP contribution in [0.1, 0.15) is 12.0 Å². The van der Waals surface area contributed by atoms with Crippen LogP contribution < -0.4 is 4.90 Å². The van der Waals surface area contributed by atoms with Crippen molar-refractivity contribution >= 4 is 11.4 Å². The number of aliphatic hydroxyl groups is 1. The number of aliphatic hydroxyl groups excluding tert-OH is 1. The van der Waals surface area contributed by atoms with Crippen LogP contribution in [0.4, 0.5) is 11.4 Å². The van der Waals surface area contributed by atoms with Gasteiger partial charge in [-0.3, -0.25) is 10.1 Å². The lowest BCUT2D eigenvalue weighted by molar-refractivity contribution is -0.384. The molecule has 19 heavy (non-hydrogen) atoms. The summed E-state index contributed by atoms with van der Waals surface area (Å²) in [6.45, 7) is 2.06. The zero-order chi connectivity index (χ0) is 13.8. The summed E-state index contributed by atoms with van der Waals surface area (Å²) >= 11 is 0. The maximum Gasteiger partial charge on any atom is 0.292 e. The Morgan fingerprint density at radius 2 is 2.37 bits per heavy atom. The second-order valence-corrected chi connectivity index (χ2v) is 4.79. The van der Waals surface area contributed by atoms with E-state index in [2.05, 4.69) is 0 Å². The molecular formula is C13H18N2O4. The monoisotopic (exact) mass is 266 g/mol. The molecule has 1 aliphatic heterocycles. The number of methoxy groups -OCH3 is 1. The van der Waals surface area contributed by atoms with Crippen LogP contribution in [0.5, 0.6) is 0 Å². The fourth-order valence-electron chi connectivity index (χ4n) is 2.50. The summed E-state index contributed by atoms with van der Waals surface area (Å²) in [6, 6.07) is 4.89. The summed E-state index contributed by atoms with van der Waals surface area (Å²) < 4.78 is 5.13. The van der Waals surface area contributed by atoms with Crippen molar-refractivity contribution in [2.24, 2.45) is 5.92 Å². The average molecular weight is 266 g/mol. The van der Waals surface area contributed by atoms with Gasteiger partial charge in [0.1, 0.15) is 5.69 Å². The molecule has 6 nitrogen and oxygen atoms in total. The Morgan fingerprint density at radius 1 is 1.58 bits per heavy atom. The van der Waals surface area contributed by atoms with E-state index in [1.54, 1.807) is 19.2 Å². The summed E-state index contributed by atoms with van der Waals surface area (Å²) in [4.78, 5) is 12.8. The van der Waals surface area contributed by atoms with Gasteiger partial charge in [0.2, 0.25) is 0 Å². The molecule has 0 radical (unpaired) electrons. The van der Waals surface area contributed by atoms with Gasteiger partial charge in [0.05, 0.1) is 18.1 Å². The largest absolute Gasteiger partial charge is 0.392 e. The van der Waals surface area contributed by atoms with Gasteiger partial charge in [0, 0.05) is 32.2 Å². The SMILES string of the molecule is COCC1CCN(c2ccc(CO)cc2[N+](=O)[O-])C1. The summed E-state index contributed by atoms with van der Waals surface area (Å²) in [7, 11) is 1.67. The van der Waals surface area contributed by atoms with Crippen LogP contribution in [0.15, 0.2) is 18.2 Å². The van der Waals surface area contributed by atoms with Gasteiger partial charge in [-0.25, -0.2) is 0 Å². The van der Waals surface area contributed by atoms with Crippen molar-refractivity contribution in [1.82, 2.24) is 0 Å². The molecule has 1 fully saturated rings. The van der Waals surface area contributed by atoms with Gasteiger partial charge < -0.3 is 14.7 Å². The Hall–Kier alpha value is -1.66. The number of nitro groups is 1. The molecule has 0 spiro atoms. The molecule has 1 N–H and O–H groups in total. The summed E-state index contributed by atoms with van der Waals surface area (Å²) in [6.07, 6.45) is 0.979. The fraction of sp³-hybridized carbons (Fsp3) is 0.538. The van der Waals surface area contributed by atoms with E-state index in [0.29, 0.717) is 23.8 Å². The van der Waals surface area contributed by atoms with E-state index < -0.39 is 4.92 Å². The van der Waals surface area contributed by atoms with Crippen molar-refractivity contribution in [2.75, 3.05) is 31.7 Å². The van der Waals surface area contributed by atoms with Gasteiger partial charge in [-0.2, -0.15) is 0 Å². The van der Waals surface area contributed by atoms with E-state index in [-0.39, 0.29) is 12.3 Å². The van der Waals surface area contributed by atoms with Crippen molar-refractivity contribution in [1.29, 1.82) is 0 Å². The first-order valence-corrected chi connectivity index (χ1v) is 6.27. The molecule has 1 aromatic carbocycles. The molecule has 0 bridgehead atoms. The molecular weight excluding hydrogens is 248 g/mol. The van der Waals surface area contributed by atoms with Crippen molar-refractivity contribution in [3.05, 3.63) is 33.9 Å². The van der Waals surface area contributed by atoms with E-state index in [9.17, 15) is 10.1 Å². The number of benzene rings is 1. The Balaban J connectivity index is 2.22. The van der Waals surface area contributed by atoms with Crippen LogP contribution in [-0.2, 0) is 11.3 Å². The van der Waals surface area contributed by atoms with Crippen molar-refractivity contribution in [3.8, 4) is 0 Å². The predicted octanol–water partition coefficient (Wildman–Crippen LogP) is 1.56. The number of hydrogen-bond acceptors (Lipinski definition) is 5. The third kappa shape index (κ3) is 3.02. The molecule has 1 aliphatic rings. The number of nitrogens with zero attached hydrogens (tertiary/aromatic N) is 2. The first-order valence-electron chi connectivity index (χ1n) is 6.27. The minimum atomic E-state index is -0.391. The van der Waals surface area contributed by atoms with Gasteiger partial charge in [-0.05, 0) is 18.1 Å². The highest BCUT2D eigenvalue weighted by Crippen LogP contribution is 2.33. The second kappa shape index (κ2) is 5.99. The van der Waals surface area contributed by atoms with Crippen LogP contribution in [0.25, 0.3) is 0 Å². The molecule has 0 aliphatic carbocycles.